The van der Waals surface area contributed by atoms with E-state index in [1.165, 1.54) is 326 Å². The molecule has 8 aromatic rings. The molecular weight excluding hydrogens is 1200 g/mol. The lowest BCUT2D eigenvalue weighted by Crippen LogP contribution is -2.02. The lowest BCUT2D eigenvalue weighted by Gasteiger charge is -2.06. The van der Waals surface area contributed by atoms with Gasteiger partial charge < -0.3 is 0 Å². The summed E-state index contributed by atoms with van der Waals surface area (Å²) >= 11 is 7.45. The average molecular weight is 1330 g/mol. The molecule has 2 aromatic carbocycles. The van der Waals surface area contributed by atoms with Crippen LogP contribution in [0.25, 0.3) is 72.7 Å². The molecule has 8 rings (SSSR count). The Hall–Kier alpha value is -3.58. The van der Waals surface area contributed by atoms with Crippen molar-refractivity contribution in [2.24, 2.45) is 0 Å². The Kier molecular flexibility index (Phi) is 35.1. The van der Waals surface area contributed by atoms with Gasteiger partial charge in [-0.05, 0) is 93.3 Å². The molecule has 0 radical (unpaired) electrons. The maximum atomic E-state index is 5.53. The SMILES string of the molecule is CCCCCCCCCCCCCCc1cc(C)sc1-c1nc2sc(-c3sc(-c4cc5c(cc(C)c6nn(CCCCCCCCCCCCCC)nc65)c5nn(CCCCCCCCCCCCCC)nc45)cc3CCCCCCCCCCCCCC)nc2s1. The molecule has 0 saturated carbocycles. The van der Waals surface area contributed by atoms with E-state index in [9.17, 15) is 0 Å². The van der Waals surface area contributed by atoms with Gasteiger partial charge in [0.15, 0.2) is 9.66 Å². The molecule has 510 valence electrons. The monoisotopic (exact) mass is 1330 g/mol. The maximum Gasteiger partial charge on any atom is 0.155 e. The summed E-state index contributed by atoms with van der Waals surface area (Å²) in [6, 6.07) is 9.71. The van der Waals surface area contributed by atoms with Crippen LogP contribution >= 0.6 is 45.3 Å². The standard InChI is InChI=1S/C80H126N8S4/c1-7-11-15-19-23-27-31-35-39-43-47-51-55-65-60-64(6)89-75(65)77-81-79-80(91-77)82-78(92-79)76-66(56-52-48-44-40-36-32-28-24-20-16-12-8-2)61-70(90-76)69-62-68-67(73-74(69)86-88(85-73)58-54-50-46-42-38-34-30-26-22-18-14-10-4)59-63(5)71-72(68)84-87(83-71)57-53-49-45-41-37-33-29-25-21-17-13-9-3/h59-62H,7-58H2,1-6H3. The van der Waals surface area contributed by atoms with Crippen LogP contribution in [0, 0.1) is 13.8 Å². The first-order valence-corrected chi connectivity index (χ1v) is 42.2. The highest BCUT2D eigenvalue weighted by molar-refractivity contribution is 7.32. The molecule has 0 spiro atoms. The van der Waals surface area contributed by atoms with Crippen LogP contribution in [0.15, 0.2) is 24.3 Å². The zero-order valence-electron chi connectivity index (χ0n) is 59.3. The minimum absolute atomic E-state index is 0.834. The zero-order chi connectivity index (χ0) is 64.2. The second-order valence-corrected chi connectivity index (χ2v) is 32.3. The van der Waals surface area contributed by atoms with E-state index in [-0.39, 0.29) is 0 Å². The van der Waals surface area contributed by atoms with Crippen molar-refractivity contribution in [2.75, 3.05) is 0 Å². The highest BCUT2D eigenvalue weighted by atomic mass is 32.1. The second-order valence-electron chi connectivity index (χ2n) is 28.1. The summed E-state index contributed by atoms with van der Waals surface area (Å²) in [6.07, 6.45) is 67.1. The number of aryl methyl sites for hydroxylation is 6. The lowest BCUT2D eigenvalue weighted by atomic mass is 9.99. The first kappa shape index (κ1) is 74.2. The van der Waals surface area contributed by atoms with Crippen molar-refractivity contribution in [1.29, 1.82) is 0 Å². The topological polar surface area (TPSA) is 87.2 Å². The van der Waals surface area contributed by atoms with Crippen LogP contribution < -0.4 is 0 Å². The average Bonchev–Trinajstić information content (AvgIpc) is 1.53. The fourth-order valence-corrected chi connectivity index (χ4v) is 18.7. The number of thiazole rings is 2. The summed E-state index contributed by atoms with van der Waals surface area (Å²) < 4.78 is 0. The molecule has 0 aliphatic heterocycles. The lowest BCUT2D eigenvalue weighted by molar-refractivity contribution is 0.483. The van der Waals surface area contributed by atoms with E-state index in [1.54, 1.807) is 22.7 Å². The Labute approximate surface area is 575 Å². The Morgan fingerprint density at radius 2 is 0.620 bits per heavy atom. The molecule has 0 aliphatic rings. The minimum Gasteiger partial charge on any atom is -0.222 e. The van der Waals surface area contributed by atoms with Crippen molar-refractivity contribution in [1.82, 2.24) is 40.0 Å². The fraction of sp³-hybridized carbons (Fsp3) is 0.725. The molecular formula is C80H126N8S4. The van der Waals surface area contributed by atoms with Crippen LogP contribution in [0.2, 0.25) is 0 Å². The van der Waals surface area contributed by atoms with Gasteiger partial charge in [0.05, 0.1) is 22.8 Å². The van der Waals surface area contributed by atoms with Crippen LogP contribution in [-0.4, -0.2) is 40.0 Å². The third-order valence-corrected chi connectivity index (χ3v) is 24.4. The number of hydrogen-bond donors (Lipinski definition) is 0. The van der Waals surface area contributed by atoms with Gasteiger partial charge in [-0.2, -0.15) is 30.0 Å². The van der Waals surface area contributed by atoms with Gasteiger partial charge >= 0.3 is 0 Å². The molecule has 0 unspecified atom stereocenters. The highest BCUT2D eigenvalue weighted by Crippen LogP contribution is 2.47. The van der Waals surface area contributed by atoms with E-state index in [4.69, 9.17) is 30.4 Å². The summed E-state index contributed by atoms with van der Waals surface area (Å²) in [7, 11) is 0. The van der Waals surface area contributed by atoms with Crippen LogP contribution in [0.5, 0.6) is 0 Å². The Balaban J connectivity index is 1.01. The van der Waals surface area contributed by atoms with Crippen molar-refractivity contribution in [2.45, 2.75) is 376 Å². The zero-order valence-corrected chi connectivity index (χ0v) is 62.6. The van der Waals surface area contributed by atoms with Gasteiger partial charge in [-0.15, -0.1) is 22.7 Å². The fourth-order valence-electron chi connectivity index (χ4n) is 14.1. The number of unbranched alkanes of at least 4 members (excludes halogenated alkanes) is 44. The number of benzene rings is 2. The first-order chi connectivity index (χ1) is 45.4. The van der Waals surface area contributed by atoms with Gasteiger partial charge in [-0.25, -0.2) is 9.97 Å². The van der Waals surface area contributed by atoms with Crippen molar-refractivity contribution >= 4 is 87.8 Å². The number of fused-ring (bicyclic) bond motifs is 6. The van der Waals surface area contributed by atoms with Gasteiger partial charge in [-0.1, -0.05) is 333 Å². The van der Waals surface area contributed by atoms with E-state index in [0.29, 0.717) is 0 Å². The summed E-state index contributed by atoms with van der Waals surface area (Å²) in [6.45, 7) is 15.4. The van der Waals surface area contributed by atoms with Crippen molar-refractivity contribution in [3.05, 3.63) is 45.8 Å². The quantitative estimate of drug-likeness (QED) is 0.0353. The van der Waals surface area contributed by atoms with E-state index in [1.807, 2.05) is 32.3 Å². The van der Waals surface area contributed by atoms with Gasteiger partial charge in [0.1, 0.15) is 32.1 Å². The second kappa shape index (κ2) is 43.6. The third-order valence-electron chi connectivity index (χ3n) is 19.8. The number of aromatic nitrogens is 8. The predicted octanol–water partition coefficient (Wildman–Crippen LogP) is 28.0. The molecule has 0 N–H and O–H groups in total. The summed E-state index contributed by atoms with van der Waals surface area (Å²) in [5, 5.41) is 26.0. The van der Waals surface area contributed by atoms with Crippen molar-refractivity contribution in [3.63, 3.8) is 0 Å². The van der Waals surface area contributed by atoms with Gasteiger partial charge in [0, 0.05) is 26.1 Å². The summed E-state index contributed by atoms with van der Waals surface area (Å²) in [4.78, 5) is 22.5. The molecule has 0 fully saturated rings. The van der Waals surface area contributed by atoms with E-state index < -0.39 is 0 Å². The molecule has 12 heteroatoms. The largest absolute Gasteiger partial charge is 0.222 e. The van der Waals surface area contributed by atoms with Crippen LogP contribution in [0.3, 0.4) is 0 Å². The molecule has 0 aliphatic carbocycles. The van der Waals surface area contributed by atoms with Crippen molar-refractivity contribution < 1.29 is 0 Å². The predicted molar refractivity (Wildman–Crippen MR) is 408 cm³/mol. The molecule has 0 amide bonds. The molecule has 0 atom stereocenters. The third kappa shape index (κ3) is 24.5. The normalized spacial score (nSPS) is 12.1. The molecule has 0 saturated heterocycles. The van der Waals surface area contributed by atoms with Gasteiger partial charge in [0.2, 0.25) is 0 Å². The summed E-state index contributed by atoms with van der Waals surface area (Å²) in [5.74, 6) is 0. The van der Waals surface area contributed by atoms with Gasteiger partial charge in [-0.3, -0.25) is 0 Å². The number of hydrogen-bond acceptors (Lipinski definition) is 10. The van der Waals surface area contributed by atoms with Crippen molar-refractivity contribution in [3.8, 4) is 30.2 Å². The van der Waals surface area contributed by atoms with Crippen LogP contribution in [0.1, 0.15) is 357 Å². The molecule has 0 bridgehead atoms. The molecule has 6 aromatic heterocycles. The summed E-state index contributed by atoms with van der Waals surface area (Å²) in [5.41, 5.74) is 9.21. The highest BCUT2D eigenvalue weighted by Gasteiger charge is 2.25. The van der Waals surface area contributed by atoms with Crippen LogP contribution in [-0.2, 0) is 25.9 Å². The maximum absolute atomic E-state index is 5.53. The van der Waals surface area contributed by atoms with Crippen LogP contribution in [0.4, 0.5) is 0 Å². The number of rotatable bonds is 55. The van der Waals surface area contributed by atoms with E-state index in [2.05, 4.69) is 65.8 Å². The molecule has 8 nitrogen and oxygen atoms in total. The first-order valence-electron chi connectivity index (χ1n) is 38.9. The Morgan fingerprint density at radius 3 is 1.02 bits per heavy atom. The van der Waals surface area contributed by atoms with Gasteiger partial charge in [0.25, 0.3) is 0 Å². The Bertz CT molecular complexity index is 3230. The minimum atomic E-state index is 0.834. The Morgan fingerprint density at radius 1 is 0.304 bits per heavy atom. The molecule has 6 heterocycles. The molecule has 92 heavy (non-hydrogen) atoms. The van der Waals surface area contributed by atoms with E-state index in [0.717, 1.165) is 102 Å². The smallest absolute Gasteiger partial charge is 0.155 e. The number of nitrogens with zero attached hydrogens (tertiary/aromatic N) is 8. The van der Waals surface area contributed by atoms with E-state index >= 15 is 0 Å². The number of thiophene rings is 2.